The van der Waals surface area contributed by atoms with Crippen molar-refractivity contribution in [2.45, 2.75) is 38.7 Å². The molecule has 0 amide bonds. The molecular formula is C12H16N2O4. The van der Waals surface area contributed by atoms with Crippen molar-refractivity contribution < 1.29 is 10.8 Å². The van der Waals surface area contributed by atoms with Gasteiger partial charge in [-0.3, -0.25) is 14.3 Å². The molecule has 3 heterocycles. The maximum Gasteiger partial charge on any atom is 0.330 e. The lowest BCUT2D eigenvalue weighted by Gasteiger charge is -2.28. The van der Waals surface area contributed by atoms with E-state index in [1.165, 1.54) is 10.8 Å². The van der Waals surface area contributed by atoms with Crippen LogP contribution in [0.5, 0.6) is 0 Å². The Bertz CT molecular complexity index is 625. The van der Waals surface area contributed by atoms with Crippen LogP contribution >= 0.6 is 0 Å². The van der Waals surface area contributed by atoms with E-state index >= 15 is 0 Å². The normalized spacial score (nSPS) is 39.0. The molecule has 18 heavy (non-hydrogen) atoms. The third-order valence-corrected chi connectivity index (χ3v) is 3.90. The average molecular weight is 253 g/mol. The van der Waals surface area contributed by atoms with E-state index in [0.29, 0.717) is 12.2 Å². The largest absolute Gasteiger partial charge is 0.370 e. The van der Waals surface area contributed by atoms with Crippen LogP contribution in [-0.2, 0) is 9.47 Å². The molecule has 2 fully saturated rings. The van der Waals surface area contributed by atoms with E-state index in [1.54, 1.807) is 6.92 Å². The van der Waals surface area contributed by atoms with Crippen LogP contribution in [0.1, 0.15) is 27.0 Å². The van der Waals surface area contributed by atoms with E-state index in [4.69, 9.17) is 10.8 Å². The molecule has 2 saturated heterocycles. The highest BCUT2D eigenvalue weighted by molar-refractivity contribution is 5.06. The van der Waals surface area contributed by atoms with E-state index in [0.717, 1.165) is 0 Å². The van der Waals surface area contributed by atoms with Gasteiger partial charge in [0, 0.05) is 19.0 Å². The summed E-state index contributed by atoms with van der Waals surface area (Å²) in [5.74, 6) is 0.0501. The Morgan fingerprint density at radius 1 is 1.61 bits per heavy atom. The summed E-state index contributed by atoms with van der Waals surface area (Å²) in [4.78, 5) is 25.5. The lowest BCUT2D eigenvalue weighted by molar-refractivity contribution is -0.166. The van der Waals surface area contributed by atoms with Gasteiger partial charge in [-0.05, 0) is 13.8 Å². The Hall–Kier alpha value is -1.40. The first-order valence-electron chi connectivity index (χ1n) is 6.60. The Balaban J connectivity index is 2.04. The number of fused-ring (bicyclic) bond motifs is 2. The van der Waals surface area contributed by atoms with Crippen LogP contribution in [0.2, 0.25) is 0 Å². The number of hydrogen-bond acceptors (Lipinski definition) is 4. The van der Waals surface area contributed by atoms with Gasteiger partial charge < -0.3 is 9.47 Å². The molecule has 0 radical (unpaired) electrons. The number of ether oxygens (including phenoxy) is 2. The minimum atomic E-state index is -0.640. The summed E-state index contributed by atoms with van der Waals surface area (Å²) in [6.07, 6.45) is 0.658. The highest BCUT2D eigenvalue weighted by atomic mass is 16.6. The van der Waals surface area contributed by atoms with Crippen LogP contribution in [0.25, 0.3) is 0 Å². The molecule has 1 aromatic heterocycles. The predicted octanol–water partition coefficient (Wildman–Crippen LogP) is 0.167. The third-order valence-electron chi connectivity index (χ3n) is 3.90. The van der Waals surface area contributed by atoms with Gasteiger partial charge >= 0.3 is 5.69 Å². The number of rotatable bonds is 1. The van der Waals surface area contributed by atoms with Gasteiger partial charge in [0.15, 0.2) is 6.23 Å². The number of aryl methyl sites for hydroxylation is 1. The number of H-pyrrole nitrogens is 1. The molecule has 2 aliphatic heterocycles. The summed E-state index contributed by atoms with van der Waals surface area (Å²) in [5.41, 5.74) is -1.10. The summed E-state index contributed by atoms with van der Waals surface area (Å²) in [6.45, 7) is 4.08. The molecule has 0 saturated carbocycles. The smallest absolute Gasteiger partial charge is 0.330 e. The van der Waals surface area contributed by atoms with Crippen molar-refractivity contribution in [2.24, 2.45) is 5.92 Å². The Kier molecular flexibility index (Phi) is 2.07. The summed E-state index contributed by atoms with van der Waals surface area (Å²) in [7, 11) is 0. The molecule has 3 rings (SSSR count). The van der Waals surface area contributed by atoms with Crippen LogP contribution in [0.4, 0.5) is 0 Å². The predicted molar refractivity (Wildman–Crippen MR) is 63.5 cm³/mol. The zero-order valence-corrected chi connectivity index (χ0v) is 10.3. The van der Waals surface area contributed by atoms with Gasteiger partial charge in [-0.2, -0.15) is 0 Å². The summed E-state index contributed by atoms with van der Waals surface area (Å²) >= 11 is 0. The second-order valence-corrected chi connectivity index (χ2v) is 5.12. The zero-order chi connectivity index (χ0) is 13.8. The average Bonchev–Trinajstić information content (AvgIpc) is 2.85. The molecule has 1 N–H and O–H groups in total. The number of aromatic amines is 1. The van der Waals surface area contributed by atoms with Crippen molar-refractivity contribution in [2.75, 3.05) is 6.61 Å². The van der Waals surface area contributed by atoms with Crippen molar-refractivity contribution in [3.63, 3.8) is 0 Å². The molecule has 6 heteroatoms. The van der Waals surface area contributed by atoms with Gasteiger partial charge in [0.2, 0.25) is 0 Å². The van der Waals surface area contributed by atoms with Crippen molar-refractivity contribution in [1.82, 2.24) is 9.55 Å². The number of nitrogens with one attached hydrogen (secondary N) is 1. The van der Waals surface area contributed by atoms with Gasteiger partial charge in [-0.1, -0.05) is 6.92 Å². The third kappa shape index (κ3) is 1.42. The molecule has 0 aromatic carbocycles. The standard InChI is InChI=1S/C12H16N2O4/c1-6-4-14(11(16)13-9(6)15)10-8-7(2)12(3,18-10)5-17-8/h4,7-8,10H,5H2,1-3H3,(H,13,15,16)/t7-,8+,10+,12-/m0/s1/i3D. The Morgan fingerprint density at radius 2 is 2.39 bits per heavy atom. The summed E-state index contributed by atoms with van der Waals surface area (Å²) in [5, 5.41) is 0. The molecular weight excluding hydrogens is 236 g/mol. The van der Waals surface area contributed by atoms with E-state index < -0.39 is 23.1 Å². The maximum absolute atomic E-state index is 11.9. The molecule has 98 valence electrons. The zero-order valence-electron chi connectivity index (χ0n) is 11.3. The fourth-order valence-electron chi connectivity index (χ4n) is 2.58. The fraction of sp³-hybridized carbons (Fsp3) is 0.667. The van der Waals surface area contributed by atoms with Crippen molar-refractivity contribution >= 4 is 0 Å². The first-order valence-corrected chi connectivity index (χ1v) is 5.89. The van der Waals surface area contributed by atoms with E-state index in [1.807, 2.05) is 6.92 Å². The van der Waals surface area contributed by atoms with Crippen LogP contribution in [0.15, 0.2) is 15.8 Å². The van der Waals surface area contributed by atoms with Gasteiger partial charge in [0.1, 0.15) is 6.10 Å². The number of aromatic nitrogens is 2. The van der Waals surface area contributed by atoms with Gasteiger partial charge in [0.05, 0.1) is 12.2 Å². The minimum Gasteiger partial charge on any atom is -0.370 e. The van der Waals surface area contributed by atoms with Crippen molar-refractivity contribution in [3.8, 4) is 0 Å². The van der Waals surface area contributed by atoms with E-state index in [9.17, 15) is 9.59 Å². The Labute approximate surface area is 105 Å². The van der Waals surface area contributed by atoms with Crippen molar-refractivity contribution in [3.05, 3.63) is 32.6 Å². The molecule has 0 aliphatic carbocycles. The minimum absolute atomic E-state index is 0.0501. The van der Waals surface area contributed by atoms with Gasteiger partial charge in [-0.15, -0.1) is 0 Å². The number of nitrogens with zero attached hydrogens (tertiary/aromatic N) is 1. The molecule has 6 nitrogen and oxygen atoms in total. The molecule has 0 spiro atoms. The van der Waals surface area contributed by atoms with Crippen LogP contribution in [-0.4, -0.2) is 27.9 Å². The second kappa shape index (κ2) is 3.55. The highest BCUT2D eigenvalue weighted by Crippen LogP contribution is 2.48. The quantitative estimate of drug-likeness (QED) is 0.774. The van der Waals surface area contributed by atoms with Gasteiger partial charge in [-0.25, -0.2) is 4.79 Å². The molecule has 0 unspecified atom stereocenters. The SMILES string of the molecule is [2H]C[C@@]12CO[C@@H]([C@H](n3cc(C)c(=O)[nH]c3=O)O1)[C@@H]2C. The second-order valence-electron chi connectivity index (χ2n) is 5.12. The first kappa shape index (κ1) is 10.5. The molecule has 2 aliphatic rings. The maximum atomic E-state index is 11.9. The van der Waals surface area contributed by atoms with Crippen LogP contribution in [0.3, 0.4) is 0 Å². The summed E-state index contributed by atoms with van der Waals surface area (Å²) in [6, 6.07) is 0. The monoisotopic (exact) mass is 253 g/mol. The topological polar surface area (TPSA) is 73.3 Å². The first-order chi connectivity index (χ1) is 8.98. The molecule has 2 bridgehead atoms. The van der Waals surface area contributed by atoms with Gasteiger partial charge in [0.25, 0.3) is 5.56 Å². The molecule has 1 aromatic rings. The van der Waals surface area contributed by atoms with Crippen LogP contribution < -0.4 is 11.2 Å². The Morgan fingerprint density at radius 3 is 3.06 bits per heavy atom. The summed E-state index contributed by atoms with van der Waals surface area (Å²) < 4.78 is 20.5. The fourth-order valence-corrected chi connectivity index (χ4v) is 2.58. The highest BCUT2D eigenvalue weighted by Gasteiger charge is 2.57. The number of hydrogen-bond donors (Lipinski definition) is 1. The van der Waals surface area contributed by atoms with E-state index in [-0.39, 0.29) is 18.9 Å². The van der Waals surface area contributed by atoms with E-state index in [2.05, 4.69) is 4.98 Å². The lowest BCUT2D eigenvalue weighted by Crippen LogP contribution is -2.40. The van der Waals surface area contributed by atoms with Crippen LogP contribution in [0, 0.1) is 12.8 Å². The van der Waals surface area contributed by atoms with Crippen molar-refractivity contribution in [1.29, 1.82) is 0 Å². The lowest BCUT2D eigenvalue weighted by atomic mass is 9.93. The molecule has 4 atom stereocenters.